The Balaban J connectivity index is 1.43. The molecule has 3 heterocycles. The van der Waals surface area contributed by atoms with Crippen LogP contribution in [0.15, 0.2) is 41.5 Å². The molecule has 0 spiro atoms. The fourth-order valence-corrected chi connectivity index (χ4v) is 4.58. The lowest BCUT2D eigenvalue weighted by Crippen LogP contribution is -2.37. The van der Waals surface area contributed by atoms with E-state index >= 15 is 0 Å². The quantitative estimate of drug-likeness (QED) is 0.477. The number of imidazole rings is 1. The summed E-state index contributed by atoms with van der Waals surface area (Å²) in [6.45, 7) is 1.41. The number of hydrogen-bond acceptors (Lipinski definition) is 7. The van der Waals surface area contributed by atoms with E-state index in [9.17, 15) is 14.7 Å². The van der Waals surface area contributed by atoms with Gasteiger partial charge in [0, 0.05) is 30.6 Å². The molecular weight excluding hydrogens is 426 g/mol. The smallest absolute Gasteiger partial charge is 0.335 e. The molecule has 2 aromatic heterocycles. The number of aromatic carboxylic acids is 1. The first kappa shape index (κ1) is 20.8. The Morgan fingerprint density at radius 2 is 1.82 bits per heavy atom. The molecule has 0 unspecified atom stereocenters. The monoisotopic (exact) mass is 449 g/mol. The van der Waals surface area contributed by atoms with Crippen molar-refractivity contribution < 1.29 is 19.4 Å². The number of piperidine rings is 1. The number of rotatable bonds is 5. The summed E-state index contributed by atoms with van der Waals surface area (Å²) in [5.74, 6) is 1.02. The maximum Gasteiger partial charge on any atom is 0.335 e. The third-order valence-corrected chi connectivity index (χ3v) is 6.21. The van der Waals surface area contributed by atoms with E-state index < -0.39 is 5.97 Å². The number of nitrogens with one attached hydrogen (secondary N) is 1. The first-order valence-electron chi connectivity index (χ1n) is 10.6. The maximum absolute atomic E-state index is 12.7. The van der Waals surface area contributed by atoms with Crippen molar-refractivity contribution in [2.45, 2.75) is 18.9 Å². The van der Waals surface area contributed by atoms with Gasteiger partial charge < -0.3 is 24.5 Å². The Morgan fingerprint density at radius 3 is 2.52 bits per heavy atom. The highest BCUT2D eigenvalue weighted by molar-refractivity contribution is 5.93. The minimum absolute atomic E-state index is 0.000842. The van der Waals surface area contributed by atoms with Crippen molar-refractivity contribution in [3.8, 4) is 11.5 Å². The fourth-order valence-electron chi connectivity index (χ4n) is 4.58. The van der Waals surface area contributed by atoms with Crippen LogP contribution in [0.5, 0.6) is 11.5 Å². The molecule has 4 aromatic rings. The lowest BCUT2D eigenvalue weighted by molar-refractivity contribution is 0.0697. The summed E-state index contributed by atoms with van der Waals surface area (Å²) < 4.78 is 12.6. The Bertz CT molecular complexity index is 1420. The highest BCUT2D eigenvalue weighted by Gasteiger charge is 2.26. The average molecular weight is 449 g/mol. The maximum atomic E-state index is 12.7. The SMILES string of the molecule is COc1cc2ncnc(N3CCC(n4c(=O)[nH]c5cc(C(=O)O)ccc54)CC3)c2cc1OC. The number of carboxylic acid groups (broad SMARTS) is 1. The lowest BCUT2D eigenvalue weighted by Gasteiger charge is -2.33. The molecule has 1 aliphatic rings. The first-order chi connectivity index (χ1) is 16.0. The number of carbonyl (C=O) groups is 1. The standard InChI is InChI=1S/C23H23N5O5/c1-32-19-10-15-16(11-20(19)33-2)24-12-25-21(15)27-7-5-14(6-8-27)28-18-4-3-13(22(29)30)9-17(18)26-23(28)31/h3-4,9-12,14H,5-8H2,1-2H3,(H,26,31)(H,29,30). The van der Waals surface area contributed by atoms with Crippen LogP contribution in [0.3, 0.4) is 0 Å². The van der Waals surface area contributed by atoms with Gasteiger partial charge in [0.25, 0.3) is 0 Å². The number of carboxylic acids is 1. The first-order valence-corrected chi connectivity index (χ1v) is 10.6. The molecule has 2 aromatic carbocycles. The van der Waals surface area contributed by atoms with Crippen LogP contribution in [0.1, 0.15) is 29.2 Å². The van der Waals surface area contributed by atoms with E-state index in [0.717, 1.165) is 29.6 Å². The average Bonchev–Trinajstić information content (AvgIpc) is 3.17. The van der Waals surface area contributed by atoms with Gasteiger partial charge in [0.05, 0.1) is 36.3 Å². The van der Waals surface area contributed by atoms with Crippen molar-refractivity contribution >= 4 is 33.7 Å². The van der Waals surface area contributed by atoms with Crippen LogP contribution in [-0.4, -0.2) is 57.9 Å². The number of nitrogens with zero attached hydrogens (tertiary/aromatic N) is 4. The molecule has 0 atom stereocenters. The molecule has 0 amide bonds. The number of methoxy groups -OCH3 is 2. The lowest BCUT2D eigenvalue weighted by atomic mass is 10.0. The van der Waals surface area contributed by atoms with Gasteiger partial charge in [-0.3, -0.25) is 4.57 Å². The Kier molecular flexibility index (Phi) is 5.12. The van der Waals surface area contributed by atoms with Crippen molar-refractivity contribution in [3.63, 3.8) is 0 Å². The molecule has 5 rings (SSSR count). The van der Waals surface area contributed by atoms with Gasteiger partial charge in [0.15, 0.2) is 11.5 Å². The van der Waals surface area contributed by atoms with Crippen LogP contribution >= 0.6 is 0 Å². The molecule has 33 heavy (non-hydrogen) atoms. The van der Waals surface area contributed by atoms with E-state index in [0.29, 0.717) is 35.6 Å². The molecule has 1 fully saturated rings. The van der Waals surface area contributed by atoms with Gasteiger partial charge >= 0.3 is 11.7 Å². The van der Waals surface area contributed by atoms with E-state index in [1.165, 1.54) is 12.1 Å². The second-order valence-electron chi connectivity index (χ2n) is 7.98. The minimum Gasteiger partial charge on any atom is -0.493 e. The normalized spacial score (nSPS) is 14.7. The second kappa shape index (κ2) is 8.12. The number of benzene rings is 2. The van der Waals surface area contributed by atoms with Crippen molar-refractivity contribution in [1.29, 1.82) is 0 Å². The Hall–Kier alpha value is -4.08. The van der Waals surface area contributed by atoms with Crippen molar-refractivity contribution in [2.24, 2.45) is 0 Å². The summed E-state index contributed by atoms with van der Waals surface area (Å²) in [6, 6.07) is 8.45. The predicted molar refractivity (Wildman–Crippen MR) is 123 cm³/mol. The molecule has 170 valence electrons. The molecule has 1 saturated heterocycles. The molecule has 10 nitrogen and oxygen atoms in total. The number of fused-ring (bicyclic) bond motifs is 2. The second-order valence-corrected chi connectivity index (χ2v) is 7.98. The molecule has 0 aliphatic carbocycles. The highest BCUT2D eigenvalue weighted by atomic mass is 16.5. The number of H-pyrrole nitrogens is 1. The van der Waals surface area contributed by atoms with Gasteiger partial charge in [-0.2, -0.15) is 0 Å². The molecule has 0 bridgehead atoms. The zero-order valence-corrected chi connectivity index (χ0v) is 18.2. The zero-order chi connectivity index (χ0) is 23.1. The van der Waals surface area contributed by atoms with Crippen LogP contribution in [-0.2, 0) is 0 Å². The van der Waals surface area contributed by atoms with Gasteiger partial charge in [-0.15, -0.1) is 0 Å². The molecular formula is C23H23N5O5. The highest BCUT2D eigenvalue weighted by Crippen LogP contribution is 2.36. The predicted octanol–water partition coefficient (Wildman–Crippen LogP) is 2.83. The van der Waals surface area contributed by atoms with Crippen molar-refractivity contribution in [2.75, 3.05) is 32.2 Å². The summed E-state index contributed by atoms with van der Waals surface area (Å²) in [5, 5.41) is 10.1. The van der Waals surface area contributed by atoms with Crippen LogP contribution in [0, 0.1) is 0 Å². The van der Waals surface area contributed by atoms with E-state index in [4.69, 9.17) is 9.47 Å². The van der Waals surface area contributed by atoms with Gasteiger partial charge in [-0.25, -0.2) is 19.6 Å². The number of aromatic nitrogens is 4. The minimum atomic E-state index is -1.02. The van der Waals surface area contributed by atoms with E-state index in [1.54, 1.807) is 31.2 Å². The molecule has 10 heteroatoms. The summed E-state index contributed by atoms with van der Waals surface area (Å²) in [4.78, 5) is 37.8. The summed E-state index contributed by atoms with van der Waals surface area (Å²) in [7, 11) is 3.18. The topological polar surface area (TPSA) is 123 Å². The van der Waals surface area contributed by atoms with Gasteiger partial charge in [0.2, 0.25) is 0 Å². The number of ether oxygens (including phenoxy) is 2. The largest absolute Gasteiger partial charge is 0.493 e. The molecule has 0 radical (unpaired) electrons. The van der Waals surface area contributed by atoms with Crippen LogP contribution in [0.25, 0.3) is 21.9 Å². The molecule has 0 saturated carbocycles. The Labute approximate surface area is 188 Å². The van der Waals surface area contributed by atoms with Gasteiger partial charge in [-0.05, 0) is 37.1 Å². The van der Waals surface area contributed by atoms with E-state index in [2.05, 4.69) is 19.9 Å². The summed E-state index contributed by atoms with van der Waals surface area (Å²) >= 11 is 0. The molecule has 2 N–H and O–H groups in total. The van der Waals surface area contributed by atoms with E-state index in [-0.39, 0.29) is 17.3 Å². The zero-order valence-electron chi connectivity index (χ0n) is 18.2. The number of anilines is 1. The third-order valence-electron chi connectivity index (χ3n) is 6.21. The van der Waals surface area contributed by atoms with Crippen LogP contribution in [0.2, 0.25) is 0 Å². The summed E-state index contributed by atoms with van der Waals surface area (Å²) in [6.07, 6.45) is 3.03. The molecule has 1 aliphatic heterocycles. The number of hydrogen-bond donors (Lipinski definition) is 2. The number of aromatic amines is 1. The van der Waals surface area contributed by atoms with Crippen LogP contribution in [0.4, 0.5) is 5.82 Å². The van der Waals surface area contributed by atoms with Crippen molar-refractivity contribution in [1.82, 2.24) is 19.5 Å². The van der Waals surface area contributed by atoms with E-state index in [1.807, 2.05) is 12.1 Å². The van der Waals surface area contributed by atoms with Gasteiger partial charge in [-0.1, -0.05) is 0 Å². The van der Waals surface area contributed by atoms with Crippen LogP contribution < -0.4 is 20.1 Å². The third kappa shape index (κ3) is 3.53. The van der Waals surface area contributed by atoms with Gasteiger partial charge in [0.1, 0.15) is 12.1 Å². The Morgan fingerprint density at radius 1 is 1.09 bits per heavy atom. The summed E-state index contributed by atoms with van der Waals surface area (Å²) in [5.41, 5.74) is 1.93. The fraction of sp³-hybridized carbons (Fsp3) is 0.304. The van der Waals surface area contributed by atoms with Crippen molar-refractivity contribution in [3.05, 3.63) is 52.7 Å².